The van der Waals surface area contributed by atoms with Gasteiger partial charge in [0.15, 0.2) is 0 Å². The Morgan fingerprint density at radius 1 is 1.35 bits per heavy atom. The normalized spacial score (nSPS) is 10.8. The van der Waals surface area contributed by atoms with Crippen LogP contribution in [-0.4, -0.2) is 20.3 Å². The van der Waals surface area contributed by atoms with Gasteiger partial charge in [-0.3, -0.25) is 14.3 Å². The number of amides is 1. The summed E-state index contributed by atoms with van der Waals surface area (Å²) in [6.07, 6.45) is 3.30. The summed E-state index contributed by atoms with van der Waals surface area (Å²) in [4.78, 5) is 24.1. The molecule has 0 atom stereocenters. The number of aromatic nitrogens is 3. The zero-order valence-corrected chi connectivity index (χ0v) is 12.0. The van der Waals surface area contributed by atoms with E-state index in [0.29, 0.717) is 5.69 Å². The van der Waals surface area contributed by atoms with Crippen LogP contribution in [0.15, 0.2) is 29.3 Å². The topological polar surface area (TPSA) is 68.9 Å². The van der Waals surface area contributed by atoms with Gasteiger partial charge in [-0.25, -0.2) is 0 Å². The van der Waals surface area contributed by atoms with Crippen molar-refractivity contribution in [2.24, 2.45) is 7.05 Å². The van der Waals surface area contributed by atoms with Gasteiger partial charge >= 0.3 is 0 Å². The maximum absolute atomic E-state index is 12.1. The number of anilines is 1. The second kappa shape index (κ2) is 5.32. The summed E-state index contributed by atoms with van der Waals surface area (Å²) in [7, 11) is 1.64. The molecule has 0 unspecified atom stereocenters. The summed E-state index contributed by atoms with van der Waals surface area (Å²) < 4.78 is 3.19. The number of carbonyl (C=O) groups is 1. The predicted molar refractivity (Wildman–Crippen MR) is 77.0 cm³/mol. The summed E-state index contributed by atoms with van der Waals surface area (Å²) >= 11 is 0. The lowest BCUT2D eigenvalue weighted by molar-refractivity contribution is 0.102. The molecule has 20 heavy (non-hydrogen) atoms. The average Bonchev–Trinajstić information content (AvgIpc) is 2.84. The molecule has 6 heteroatoms. The van der Waals surface area contributed by atoms with Crippen LogP contribution in [0.2, 0.25) is 0 Å². The molecule has 1 amide bonds. The molecule has 0 radical (unpaired) electrons. The zero-order chi connectivity index (χ0) is 14.9. The number of rotatable bonds is 3. The van der Waals surface area contributed by atoms with E-state index in [-0.39, 0.29) is 17.2 Å². The Hall–Kier alpha value is -2.37. The standard InChI is InChI=1S/C14H18N4O2/c1-9(2)18-8-11(7-15-18)16-13(19)12-6-5-10(3)17(4)14(12)20/h5-9H,1-4H3,(H,16,19). The van der Waals surface area contributed by atoms with Crippen molar-refractivity contribution < 1.29 is 4.79 Å². The van der Waals surface area contributed by atoms with Crippen LogP contribution in [0.5, 0.6) is 0 Å². The molecular weight excluding hydrogens is 256 g/mol. The highest BCUT2D eigenvalue weighted by molar-refractivity contribution is 6.03. The molecule has 0 aromatic carbocycles. The highest BCUT2D eigenvalue weighted by Gasteiger charge is 2.13. The highest BCUT2D eigenvalue weighted by atomic mass is 16.2. The van der Waals surface area contributed by atoms with Gasteiger partial charge in [0.1, 0.15) is 5.56 Å². The van der Waals surface area contributed by atoms with Gasteiger partial charge in [-0.05, 0) is 32.9 Å². The van der Waals surface area contributed by atoms with E-state index in [1.165, 1.54) is 4.57 Å². The van der Waals surface area contributed by atoms with E-state index < -0.39 is 5.91 Å². The molecule has 106 valence electrons. The van der Waals surface area contributed by atoms with Gasteiger partial charge < -0.3 is 9.88 Å². The number of nitrogens with one attached hydrogen (secondary N) is 1. The third kappa shape index (κ3) is 2.64. The molecule has 2 heterocycles. The fourth-order valence-corrected chi connectivity index (χ4v) is 1.78. The number of nitrogens with zero attached hydrogens (tertiary/aromatic N) is 3. The molecule has 2 rings (SSSR count). The minimum atomic E-state index is -0.422. The first-order chi connectivity index (χ1) is 9.40. The van der Waals surface area contributed by atoms with Crippen LogP contribution in [0.1, 0.15) is 35.9 Å². The molecule has 2 aromatic heterocycles. The van der Waals surface area contributed by atoms with Crippen LogP contribution in [0, 0.1) is 6.92 Å². The van der Waals surface area contributed by atoms with Gasteiger partial charge in [0.2, 0.25) is 0 Å². The summed E-state index contributed by atoms with van der Waals surface area (Å²) in [5.74, 6) is -0.422. The van der Waals surface area contributed by atoms with Crippen molar-refractivity contribution in [1.29, 1.82) is 0 Å². The fourth-order valence-electron chi connectivity index (χ4n) is 1.78. The second-order valence-electron chi connectivity index (χ2n) is 5.01. The Labute approximate surface area is 117 Å². The maximum Gasteiger partial charge on any atom is 0.263 e. The monoisotopic (exact) mass is 274 g/mol. The Morgan fingerprint density at radius 3 is 2.65 bits per heavy atom. The first-order valence-corrected chi connectivity index (χ1v) is 6.42. The van der Waals surface area contributed by atoms with E-state index in [9.17, 15) is 9.59 Å². The summed E-state index contributed by atoms with van der Waals surface area (Å²) in [5, 5.41) is 6.82. The summed E-state index contributed by atoms with van der Waals surface area (Å²) in [6, 6.07) is 3.50. The van der Waals surface area contributed by atoms with Crippen molar-refractivity contribution in [2.45, 2.75) is 26.8 Å². The van der Waals surface area contributed by atoms with Crippen molar-refractivity contribution in [2.75, 3.05) is 5.32 Å². The second-order valence-corrected chi connectivity index (χ2v) is 5.01. The maximum atomic E-state index is 12.1. The van der Waals surface area contributed by atoms with Crippen LogP contribution in [-0.2, 0) is 7.05 Å². The third-order valence-electron chi connectivity index (χ3n) is 3.19. The van der Waals surface area contributed by atoms with Crippen molar-refractivity contribution in [3.8, 4) is 0 Å². The zero-order valence-electron chi connectivity index (χ0n) is 12.0. The largest absolute Gasteiger partial charge is 0.319 e. The molecule has 0 bridgehead atoms. The van der Waals surface area contributed by atoms with Crippen molar-refractivity contribution in [3.05, 3.63) is 46.1 Å². The molecule has 0 fully saturated rings. The molecule has 0 aliphatic rings. The summed E-state index contributed by atoms with van der Waals surface area (Å²) in [6.45, 7) is 5.80. The van der Waals surface area contributed by atoms with Gasteiger partial charge in [0, 0.05) is 25.0 Å². The minimum Gasteiger partial charge on any atom is -0.319 e. The first kappa shape index (κ1) is 14.0. The van der Waals surface area contributed by atoms with Gasteiger partial charge in [0.25, 0.3) is 11.5 Å². The number of hydrogen-bond donors (Lipinski definition) is 1. The molecule has 0 spiro atoms. The van der Waals surface area contributed by atoms with Crippen molar-refractivity contribution in [1.82, 2.24) is 14.3 Å². The molecule has 0 saturated heterocycles. The van der Waals surface area contributed by atoms with E-state index >= 15 is 0 Å². The molecule has 0 saturated carbocycles. The van der Waals surface area contributed by atoms with E-state index in [0.717, 1.165) is 5.69 Å². The van der Waals surface area contributed by atoms with Crippen LogP contribution >= 0.6 is 0 Å². The van der Waals surface area contributed by atoms with Crippen LogP contribution < -0.4 is 10.9 Å². The van der Waals surface area contributed by atoms with Gasteiger partial charge in [-0.1, -0.05) is 0 Å². The Morgan fingerprint density at radius 2 is 2.05 bits per heavy atom. The Bertz CT molecular complexity index is 697. The van der Waals surface area contributed by atoms with Crippen LogP contribution in [0.4, 0.5) is 5.69 Å². The number of hydrogen-bond acceptors (Lipinski definition) is 3. The van der Waals surface area contributed by atoms with Gasteiger partial charge in [0.05, 0.1) is 11.9 Å². The Balaban J connectivity index is 2.24. The minimum absolute atomic E-state index is 0.121. The fraction of sp³-hybridized carbons (Fsp3) is 0.357. The molecule has 0 aliphatic heterocycles. The summed E-state index contributed by atoms with van der Waals surface area (Å²) in [5.41, 5.74) is 1.19. The third-order valence-corrected chi connectivity index (χ3v) is 3.19. The molecule has 1 N–H and O–H groups in total. The number of carbonyl (C=O) groups excluding carboxylic acids is 1. The van der Waals surface area contributed by atoms with Crippen LogP contribution in [0.3, 0.4) is 0 Å². The van der Waals surface area contributed by atoms with Gasteiger partial charge in [-0.15, -0.1) is 0 Å². The smallest absolute Gasteiger partial charge is 0.263 e. The van der Waals surface area contributed by atoms with E-state index in [1.54, 1.807) is 36.3 Å². The SMILES string of the molecule is Cc1ccc(C(=O)Nc2cnn(C(C)C)c2)c(=O)n1C. The van der Waals surface area contributed by atoms with Crippen molar-refractivity contribution in [3.63, 3.8) is 0 Å². The van der Waals surface area contributed by atoms with Crippen molar-refractivity contribution >= 4 is 11.6 Å². The quantitative estimate of drug-likeness (QED) is 0.926. The molecule has 0 aliphatic carbocycles. The number of pyridine rings is 1. The lowest BCUT2D eigenvalue weighted by atomic mass is 10.2. The molecular formula is C14H18N4O2. The highest BCUT2D eigenvalue weighted by Crippen LogP contribution is 2.10. The van der Waals surface area contributed by atoms with Crippen LogP contribution in [0.25, 0.3) is 0 Å². The molecule has 6 nitrogen and oxygen atoms in total. The van der Waals surface area contributed by atoms with E-state index in [2.05, 4.69) is 10.4 Å². The first-order valence-electron chi connectivity index (χ1n) is 6.42. The number of aryl methyl sites for hydroxylation is 1. The van der Waals surface area contributed by atoms with E-state index in [4.69, 9.17) is 0 Å². The predicted octanol–water partition coefficient (Wildman–Crippen LogP) is 1.72. The lowest BCUT2D eigenvalue weighted by Crippen LogP contribution is -2.28. The Kier molecular flexibility index (Phi) is 3.74. The van der Waals surface area contributed by atoms with Gasteiger partial charge in [-0.2, -0.15) is 5.10 Å². The molecule has 2 aromatic rings. The average molecular weight is 274 g/mol. The lowest BCUT2D eigenvalue weighted by Gasteiger charge is -2.07. The van der Waals surface area contributed by atoms with E-state index in [1.807, 2.05) is 20.8 Å².